The molecular formula is C17H13F2N3O2. The summed E-state index contributed by atoms with van der Waals surface area (Å²) in [6.07, 6.45) is 4.33. The summed E-state index contributed by atoms with van der Waals surface area (Å²) >= 11 is 0. The molecule has 0 amide bonds. The first-order chi connectivity index (χ1) is 11.3. The molecule has 0 saturated carbocycles. The van der Waals surface area contributed by atoms with Gasteiger partial charge < -0.3 is 5.11 Å². The van der Waals surface area contributed by atoms with Crippen molar-refractivity contribution >= 4 is 5.97 Å². The third-order valence-electron chi connectivity index (χ3n) is 3.51. The minimum atomic E-state index is -2.95. The van der Waals surface area contributed by atoms with Crippen LogP contribution in [0, 0.1) is 0 Å². The molecule has 3 rings (SSSR count). The summed E-state index contributed by atoms with van der Waals surface area (Å²) in [7, 11) is 0. The summed E-state index contributed by atoms with van der Waals surface area (Å²) < 4.78 is 27.9. The molecule has 0 spiro atoms. The number of benzene rings is 1. The number of carboxylic acid groups (broad SMARTS) is 1. The molecule has 24 heavy (non-hydrogen) atoms. The first kappa shape index (κ1) is 15.8. The Balaban J connectivity index is 1.91. The van der Waals surface area contributed by atoms with Gasteiger partial charge in [0.1, 0.15) is 0 Å². The van der Waals surface area contributed by atoms with Crippen molar-refractivity contribution < 1.29 is 18.7 Å². The summed E-state index contributed by atoms with van der Waals surface area (Å²) in [6.45, 7) is 0.811. The van der Waals surface area contributed by atoms with Crippen LogP contribution in [0.2, 0.25) is 0 Å². The Morgan fingerprint density at radius 2 is 1.96 bits per heavy atom. The molecule has 0 aliphatic heterocycles. The topological polar surface area (TPSA) is 68.0 Å². The van der Waals surface area contributed by atoms with Gasteiger partial charge in [-0.1, -0.05) is 12.1 Å². The van der Waals surface area contributed by atoms with Gasteiger partial charge >= 0.3 is 5.97 Å². The molecule has 1 N–H and O–H groups in total. The second-order valence-corrected chi connectivity index (χ2v) is 5.35. The molecule has 0 unspecified atom stereocenters. The lowest BCUT2D eigenvalue weighted by molar-refractivity contribution is 0.0171. The van der Waals surface area contributed by atoms with Crippen molar-refractivity contribution in [3.63, 3.8) is 0 Å². The maximum atomic E-state index is 13.2. The van der Waals surface area contributed by atoms with E-state index in [2.05, 4.69) is 10.1 Å². The van der Waals surface area contributed by atoms with Crippen LogP contribution in [0.3, 0.4) is 0 Å². The van der Waals surface area contributed by atoms with Crippen LogP contribution in [0.5, 0.6) is 0 Å². The summed E-state index contributed by atoms with van der Waals surface area (Å²) in [4.78, 5) is 15.0. The molecule has 0 aliphatic carbocycles. The number of carboxylic acids is 1. The molecule has 0 atom stereocenters. The minimum absolute atomic E-state index is 0.173. The summed E-state index contributed by atoms with van der Waals surface area (Å²) in [5, 5.41) is 13.2. The molecule has 7 heteroatoms. The third-order valence-corrected chi connectivity index (χ3v) is 3.51. The first-order valence-electron chi connectivity index (χ1n) is 7.08. The number of hydrogen-bond donors (Lipinski definition) is 1. The predicted octanol–water partition coefficient (Wildman–Crippen LogP) is 3.74. The lowest BCUT2D eigenvalue weighted by Gasteiger charge is -2.10. The fourth-order valence-corrected chi connectivity index (χ4v) is 2.21. The van der Waals surface area contributed by atoms with Crippen molar-refractivity contribution in [2.75, 3.05) is 0 Å². The summed E-state index contributed by atoms with van der Waals surface area (Å²) in [5.74, 6) is -3.57. The van der Waals surface area contributed by atoms with Gasteiger partial charge in [-0.15, -0.1) is 0 Å². The van der Waals surface area contributed by atoms with E-state index in [-0.39, 0.29) is 11.1 Å². The van der Waals surface area contributed by atoms with Crippen LogP contribution in [-0.4, -0.2) is 25.8 Å². The van der Waals surface area contributed by atoms with Crippen molar-refractivity contribution in [2.45, 2.75) is 12.8 Å². The highest BCUT2D eigenvalue weighted by molar-refractivity contribution is 5.89. The van der Waals surface area contributed by atoms with Gasteiger partial charge in [0.25, 0.3) is 5.92 Å². The molecule has 0 saturated heterocycles. The molecule has 2 aromatic heterocycles. The molecule has 0 aliphatic rings. The Hall–Kier alpha value is -3.09. The number of hydrogen-bond acceptors (Lipinski definition) is 3. The smallest absolute Gasteiger partial charge is 0.335 e. The monoisotopic (exact) mass is 329 g/mol. The van der Waals surface area contributed by atoms with Crippen molar-refractivity contribution in [2.24, 2.45) is 0 Å². The molecule has 0 fully saturated rings. The quantitative estimate of drug-likeness (QED) is 0.791. The largest absolute Gasteiger partial charge is 0.478 e. The van der Waals surface area contributed by atoms with Crippen LogP contribution < -0.4 is 0 Å². The highest BCUT2D eigenvalue weighted by atomic mass is 19.3. The van der Waals surface area contributed by atoms with Crippen LogP contribution in [-0.2, 0) is 5.92 Å². The van der Waals surface area contributed by atoms with E-state index in [0.29, 0.717) is 16.9 Å². The van der Waals surface area contributed by atoms with Crippen molar-refractivity contribution in [1.29, 1.82) is 0 Å². The number of alkyl halides is 2. The average molecular weight is 329 g/mol. The predicted molar refractivity (Wildman–Crippen MR) is 83.3 cm³/mol. The molecule has 1 aromatic carbocycles. The maximum absolute atomic E-state index is 13.2. The maximum Gasteiger partial charge on any atom is 0.335 e. The van der Waals surface area contributed by atoms with Gasteiger partial charge in [-0.2, -0.15) is 5.10 Å². The number of nitrogens with zero attached hydrogens (tertiary/aromatic N) is 3. The van der Waals surface area contributed by atoms with Gasteiger partial charge in [-0.3, -0.25) is 0 Å². The molecule has 122 valence electrons. The van der Waals surface area contributed by atoms with Gasteiger partial charge in [0.05, 0.1) is 11.8 Å². The number of rotatable bonds is 4. The average Bonchev–Trinajstić information content (AvgIpc) is 3.04. The van der Waals surface area contributed by atoms with E-state index in [4.69, 9.17) is 5.11 Å². The highest BCUT2D eigenvalue weighted by Crippen LogP contribution is 2.26. The Morgan fingerprint density at radius 3 is 2.58 bits per heavy atom. The van der Waals surface area contributed by atoms with Gasteiger partial charge in [0.15, 0.2) is 5.82 Å². The van der Waals surface area contributed by atoms with Crippen LogP contribution in [0.15, 0.2) is 55.0 Å². The van der Waals surface area contributed by atoms with E-state index < -0.39 is 11.9 Å². The third kappa shape index (κ3) is 3.15. The lowest BCUT2D eigenvalue weighted by Crippen LogP contribution is -2.08. The molecular weight excluding hydrogens is 316 g/mol. The minimum Gasteiger partial charge on any atom is -0.478 e. The van der Waals surface area contributed by atoms with Crippen LogP contribution in [0.25, 0.3) is 16.9 Å². The Morgan fingerprint density at radius 1 is 1.17 bits per heavy atom. The number of pyridine rings is 1. The van der Waals surface area contributed by atoms with Crippen LogP contribution in [0.1, 0.15) is 22.8 Å². The fourth-order valence-electron chi connectivity index (χ4n) is 2.21. The standard InChI is InChI=1S/C17H13F2N3O2/c1-17(18,19)14-5-6-15(20-9-14)22-10-13(8-21-22)11-3-2-4-12(7-11)16(23)24/h2-10H,1H3,(H,23,24). The van der Waals surface area contributed by atoms with E-state index >= 15 is 0 Å². The second-order valence-electron chi connectivity index (χ2n) is 5.35. The molecule has 0 bridgehead atoms. The van der Waals surface area contributed by atoms with Crippen LogP contribution >= 0.6 is 0 Å². The molecule has 3 aromatic rings. The number of aromatic nitrogens is 3. The highest BCUT2D eigenvalue weighted by Gasteiger charge is 2.24. The lowest BCUT2D eigenvalue weighted by atomic mass is 10.1. The van der Waals surface area contributed by atoms with E-state index in [0.717, 1.165) is 13.1 Å². The second kappa shape index (κ2) is 5.84. The summed E-state index contributed by atoms with van der Waals surface area (Å²) in [5.41, 5.74) is 1.39. The zero-order valence-electron chi connectivity index (χ0n) is 12.6. The van der Waals surface area contributed by atoms with Crippen LogP contribution in [0.4, 0.5) is 8.78 Å². The molecule has 5 nitrogen and oxygen atoms in total. The Bertz CT molecular complexity index is 883. The summed E-state index contributed by atoms with van der Waals surface area (Å²) in [6, 6.07) is 9.21. The van der Waals surface area contributed by atoms with E-state index in [1.807, 2.05) is 0 Å². The fraction of sp³-hybridized carbons (Fsp3) is 0.118. The van der Waals surface area contributed by atoms with Gasteiger partial charge in [0, 0.05) is 30.4 Å². The zero-order valence-corrected chi connectivity index (χ0v) is 12.6. The number of carbonyl (C=O) groups is 1. The van der Waals surface area contributed by atoms with Crippen molar-refractivity contribution in [3.8, 4) is 16.9 Å². The van der Waals surface area contributed by atoms with Crippen molar-refractivity contribution in [1.82, 2.24) is 14.8 Å². The SMILES string of the molecule is CC(F)(F)c1ccc(-n2cc(-c3cccc(C(=O)O)c3)cn2)nc1. The zero-order chi connectivity index (χ0) is 17.3. The van der Waals surface area contributed by atoms with E-state index in [1.54, 1.807) is 24.5 Å². The van der Waals surface area contributed by atoms with E-state index in [1.165, 1.54) is 28.9 Å². The van der Waals surface area contributed by atoms with Gasteiger partial charge in [-0.25, -0.2) is 23.2 Å². The first-order valence-corrected chi connectivity index (χ1v) is 7.08. The molecule has 2 heterocycles. The molecule has 0 radical (unpaired) electrons. The van der Waals surface area contributed by atoms with E-state index in [9.17, 15) is 13.6 Å². The Kier molecular flexibility index (Phi) is 3.84. The van der Waals surface area contributed by atoms with Gasteiger partial charge in [-0.05, 0) is 29.8 Å². The Labute approximate surface area is 136 Å². The number of aromatic carboxylic acids is 1. The van der Waals surface area contributed by atoms with Gasteiger partial charge in [0.2, 0.25) is 0 Å². The number of halogens is 2. The van der Waals surface area contributed by atoms with Crippen molar-refractivity contribution in [3.05, 3.63) is 66.1 Å². The normalized spacial score (nSPS) is 11.5.